The molecule has 6 heteroatoms. The van der Waals surface area contributed by atoms with Crippen molar-refractivity contribution in [2.24, 2.45) is 0 Å². The van der Waals surface area contributed by atoms with Crippen molar-refractivity contribution in [3.05, 3.63) is 81.7 Å². The number of benzene rings is 2. The fourth-order valence-electron chi connectivity index (χ4n) is 3.19. The number of hydrogen-bond donors (Lipinski definition) is 0. The van der Waals surface area contributed by atoms with Gasteiger partial charge in [0.15, 0.2) is 12.0 Å². The first kappa shape index (κ1) is 18.3. The second-order valence-electron chi connectivity index (χ2n) is 6.31. The fourth-order valence-corrected chi connectivity index (χ4v) is 3.55. The number of nitrogens with zero attached hydrogens (tertiary/aromatic N) is 1. The molecule has 3 aromatic rings. The van der Waals surface area contributed by atoms with Crippen LogP contribution in [-0.2, 0) is 11.3 Å². The van der Waals surface area contributed by atoms with Gasteiger partial charge in [-0.05, 0) is 54.1 Å². The average Bonchev–Trinajstić information content (AvgIpc) is 3.27. The lowest BCUT2D eigenvalue weighted by atomic mass is 10.0. The number of hydrogen-bond acceptors (Lipinski definition) is 4. The van der Waals surface area contributed by atoms with Crippen LogP contribution in [0.2, 0.25) is 0 Å². The van der Waals surface area contributed by atoms with Crippen LogP contribution in [-0.4, -0.2) is 19.3 Å². The van der Waals surface area contributed by atoms with Crippen molar-refractivity contribution in [3.63, 3.8) is 0 Å². The topological polar surface area (TPSA) is 59.8 Å². The minimum absolute atomic E-state index is 0.118. The van der Waals surface area contributed by atoms with E-state index in [4.69, 9.17) is 9.15 Å². The van der Waals surface area contributed by atoms with Gasteiger partial charge in [0.05, 0.1) is 19.3 Å². The zero-order chi connectivity index (χ0) is 19.7. The molecular formula is C22H16BrNO4. The SMILES string of the molecule is COc1ccc(/C=C2\C(=O)N(Cc3ccc(C=O)o3)c3ccc(Br)cc32)cc1. The molecule has 4 rings (SSSR count). The largest absolute Gasteiger partial charge is 0.497 e. The minimum Gasteiger partial charge on any atom is -0.497 e. The van der Waals surface area contributed by atoms with Crippen molar-refractivity contribution in [2.75, 3.05) is 12.0 Å². The number of methoxy groups -OCH3 is 1. The molecule has 2 aromatic carbocycles. The molecule has 28 heavy (non-hydrogen) atoms. The third-order valence-electron chi connectivity index (χ3n) is 4.55. The highest BCUT2D eigenvalue weighted by molar-refractivity contribution is 9.10. The predicted octanol–water partition coefficient (Wildman–Crippen LogP) is 4.95. The molecule has 0 spiro atoms. The normalized spacial score (nSPS) is 14.4. The Morgan fingerprint density at radius 2 is 1.89 bits per heavy atom. The molecule has 0 N–H and O–H groups in total. The van der Waals surface area contributed by atoms with E-state index >= 15 is 0 Å². The van der Waals surface area contributed by atoms with E-state index in [0.717, 1.165) is 27.0 Å². The van der Waals surface area contributed by atoms with Crippen molar-refractivity contribution in [3.8, 4) is 5.75 Å². The van der Waals surface area contributed by atoms with Crippen LogP contribution in [0, 0.1) is 0 Å². The molecule has 0 aliphatic carbocycles. The summed E-state index contributed by atoms with van der Waals surface area (Å²) in [6.07, 6.45) is 2.52. The number of carbonyl (C=O) groups excluding carboxylic acids is 2. The number of amides is 1. The van der Waals surface area contributed by atoms with Crippen LogP contribution in [0.4, 0.5) is 5.69 Å². The fraction of sp³-hybridized carbons (Fsp3) is 0.0909. The van der Waals surface area contributed by atoms with Gasteiger partial charge >= 0.3 is 0 Å². The lowest BCUT2D eigenvalue weighted by molar-refractivity contribution is -0.113. The highest BCUT2D eigenvalue weighted by Gasteiger charge is 2.33. The molecule has 0 saturated heterocycles. The summed E-state index contributed by atoms with van der Waals surface area (Å²) in [6, 6.07) is 16.6. The molecular weight excluding hydrogens is 422 g/mol. The Balaban J connectivity index is 1.73. The summed E-state index contributed by atoms with van der Waals surface area (Å²) in [4.78, 5) is 25.7. The zero-order valence-corrected chi connectivity index (χ0v) is 16.6. The summed E-state index contributed by atoms with van der Waals surface area (Å²) in [7, 11) is 1.62. The van der Waals surface area contributed by atoms with Crippen LogP contribution < -0.4 is 9.64 Å². The molecule has 1 aliphatic heterocycles. The number of furan rings is 1. The molecule has 0 atom stereocenters. The molecule has 0 bridgehead atoms. The van der Waals surface area contributed by atoms with Crippen LogP contribution in [0.25, 0.3) is 11.6 Å². The lowest BCUT2D eigenvalue weighted by Gasteiger charge is -2.15. The zero-order valence-electron chi connectivity index (χ0n) is 15.0. The Morgan fingerprint density at radius 3 is 2.57 bits per heavy atom. The number of aldehydes is 1. The predicted molar refractivity (Wildman–Crippen MR) is 110 cm³/mol. The Bertz CT molecular complexity index is 1080. The number of rotatable bonds is 5. The molecule has 0 unspecified atom stereocenters. The second kappa shape index (κ2) is 7.48. The third kappa shape index (κ3) is 3.39. The maximum atomic E-state index is 13.2. The Labute approximate surface area is 170 Å². The summed E-state index contributed by atoms with van der Waals surface area (Å²) in [5, 5.41) is 0. The highest BCUT2D eigenvalue weighted by Crippen LogP contribution is 2.40. The van der Waals surface area contributed by atoms with Gasteiger partial charge in [0.25, 0.3) is 5.91 Å². The van der Waals surface area contributed by atoms with Gasteiger partial charge in [0.1, 0.15) is 11.5 Å². The summed E-state index contributed by atoms with van der Waals surface area (Å²) < 4.78 is 11.5. The van der Waals surface area contributed by atoms with E-state index < -0.39 is 0 Å². The van der Waals surface area contributed by atoms with Crippen molar-refractivity contribution in [1.29, 1.82) is 0 Å². The van der Waals surface area contributed by atoms with E-state index in [-0.39, 0.29) is 18.2 Å². The molecule has 1 amide bonds. The third-order valence-corrected chi connectivity index (χ3v) is 5.05. The van der Waals surface area contributed by atoms with Crippen LogP contribution in [0.5, 0.6) is 5.75 Å². The van der Waals surface area contributed by atoms with Gasteiger partial charge in [-0.15, -0.1) is 0 Å². The minimum atomic E-state index is -0.118. The van der Waals surface area contributed by atoms with Crippen molar-refractivity contribution in [1.82, 2.24) is 0 Å². The molecule has 0 radical (unpaired) electrons. The van der Waals surface area contributed by atoms with Crippen molar-refractivity contribution in [2.45, 2.75) is 6.54 Å². The molecule has 2 heterocycles. The molecule has 0 fully saturated rings. The first-order valence-corrected chi connectivity index (χ1v) is 9.40. The van der Waals surface area contributed by atoms with E-state index in [9.17, 15) is 9.59 Å². The smallest absolute Gasteiger partial charge is 0.259 e. The second-order valence-corrected chi connectivity index (χ2v) is 7.22. The monoisotopic (exact) mass is 437 g/mol. The maximum absolute atomic E-state index is 13.2. The van der Waals surface area contributed by atoms with Gasteiger partial charge in [0, 0.05) is 15.6 Å². The molecule has 0 saturated carbocycles. The number of halogens is 1. The van der Waals surface area contributed by atoms with Gasteiger partial charge in [-0.2, -0.15) is 0 Å². The van der Waals surface area contributed by atoms with Gasteiger partial charge in [-0.1, -0.05) is 28.1 Å². The van der Waals surface area contributed by atoms with Crippen molar-refractivity contribution >= 4 is 45.5 Å². The van der Waals surface area contributed by atoms with E-state index in [1.807, 2.05) is 48.5 Å². The van der Waals surface area contributed by atoms with Crippen LogP contribution in [0.15, 0.2) is 63.5 Å². The van der Waals surface area contributed by atoms with E-state index in [0.29, 0.717) is 17.6 Å². The lowest BCUT2D eigenvalue weighted by Crippen LogP contribution is -2.25. The number of ether oxygens (including phenoxy) is 1. The molecule has 5 nitrogen and oxygen atoms in total. The highest BCUT2D eigenvalue weighted by atomic mass is 79.9. The first-order valence-electron chi connectivity index (χ1n) is 8.60. The number of fused-ring (bicyclic) bond motifs is 1. The maximum Gasteiger partial charge on any atom is 0.259 e. The molecule has 1 aliphatic rings. The van der Waals surface area contributed by atoms with Gasteiger partial charge in [-0.3, -0.25) is 9.59 Å². The first-order chi connectivity index (χ1) is 13.6. The van der Waals surface area contributed by atoms with E-state index in [1.165, 1.54) is 0 Å². The molecule has 140 valence electrons. The van der Waals surface area contributed by atoms with Crippen LogP contribution >= 0.6 is 15.9 Å². The van der Waals surface area contributed by atoms with Gasteiger partial charge < -0.3 is 14.1 Å². The Kier molecular flexibility index (Phi) is 4.88. The van der Waals surface area contributed by atoms with E-state index in [1.54, 1.807) is 24.1 Å². The summed E-state index contributed by atoms with van der Waals surface area (Å²) in [5.41, 5.74) is 3.15. The van der Waals surface area contributed by atoms with Crippen LogP contribution in [0.3, 0.4) is 0 Å². The Morgan fingerprint density at radius 1 is 1.11 bits per heavy atom. The number of carbonyl (C=O) groups is 2. The standard InChI is InChI=1S/C22H16BrNO4/c1-27-16-5-2-14(3-6-16)10-20-19-11-15(23)4-9-21(19)24(22(20)26)12-17-7-8-18(13-25)28-17/h2-11,13H,12H2,1H3/b20-10-. The van der Waals surface area contributed by atoms with Crippen molar-refractivity contribution < 1.29 is 18.7 Å². The summed E-state index contributed by atoms with van der Waals surface area (Å²) in [6.45, 7) is 0.251. The van der Waals surface area contributed by atoms with Gasteiger partial charge in [0.2, 0.25) is 0 Å². The van der Waals surface area contributed by atoms with E-state index in [2.05, 4.69) is 15.9 Å². The summed E-state index contributed by atoms with van der Waals surface area (Å²) >= 11 is 3.49. The number of anilines is 1. The van der Waals surface area contributed by atoms with Gasteiger partial charge in [-0.25, -0.2) is 0 Å². The Hall–Kier alpha value is -3.12. The average molecular weight is 438 g/mol. The summed E-state index contributed by atoms with van der Waals surface area (Å²) in [5.74, 6) is 1.43. The van der Waals surface area contributed by atoms with Crippen LogP contribution in [0.1, 0.15) is 27.4 Å². The molecule has 1 aromatic heterocycles. The quantitative estimate of drug-likeness (QED) is 0.418.